The van der Waals surface area contributed by atoms with E-state index in [2.05, 4.69) is 4.98 Å². The van der Waals surface area contributed by atoms with Gasteiger partial charge in [0.1, 0.15) is 22.8 Å². The molecule has 3 aromatic carbocycles. The van der Waals surface area contributed by atoms with Crippen molar-refractivity contribution in [2.24, 2.45) is 0 Å². The van der Waals surface area contributed by atoms with Crippen LogP contribution in [0.15, 0.2) is 77.2 Å². The number of halogens is 1. The topological polar surface area (TPSA) is 94.3 Å². The van der Waals surface area contributed by atoms with Gasteiger partial charge in [0, 0.05) is 13.1 Å². The lowest BCUT2D eigenvalue weighted by atomic mass is 10.2. The van der Waals surface area contributed by atoms with Crippen molar-refractivity contribution in [3.8, 4) is 17.2 Å². The van der Waals surface area contributed by atoms with Crippen LogP contribution in [0.25, 0.3) is 11.1 Å². The van der Waals surface area contributed by atoms with Gasteiger partial charge >= 0.3 is 5.97 Å². The molecule has 0 aliphatic carbocycles. The van der Waals surface area contributed by atoms with Crippen molar-refractivity contribution in [3.63, 3.8) is 0 Å². The van der Waals surface area contributed by atoms with E-state index >= 15 is 0 Å². The van der Waals surface area contributed by atoms with E-state index in [1.807, 2.05) is 71.6 Å². The van der Waals surface area contributed by atoms with E-state index in [-0.39, 0.29) is 4.70 Å². The third kappa shape index (κ3) is 7.36. The van der Waals surface area contributed by atoms with Gasteiger partial charge in [-0.15, -0.1) is 0 Å². The number of para-hydroxylation sites is 2. The quantitative estimate of drug-likeness (QED) is 0.229. The van der Waals surface area contributed by atoms with E-state index in [4.69, 9.17) is 18.6 Å². The molecule has 8 nitrogen and oxygen atoms in total. The second kappa shape index (κ2) is 13.2. The standard InChI is InChI=1S/C28H30N2O6.FH/c1-3-25(27(31)32)35-23-9-6-8-20(18-23)19-30(28-29-24-10-4-5-11-26(24)36-28)16-7-17-34-22-14-12-21(33-2)13-15-22;/h4-6,8-15,18,25H,3,7,16-17,19H2,1-2H3,(H,31,32);1H/t25-;/m1./s1. The summed E-state index contributed by atoms with van der Waals surface area (Å²) in [5, 5.41) is 9.32. The Balaban J connectivity index is 0.00000380. The molecule has 1 N–H and O–H groups in total. The molecule has 0 amide bonds. The lowest BCUT2D eigenvalue weighted by Gasteiger charge is -2.21. The van der Waals surface area contributed by atoms with E-state index in [9.17, 15) is 9.90 Å². The van der Waals surface area contributed by atoms with Crippen LogP contribution in [-0.4, -0.2) is 42.4 Å². The number of rotatable bonds is 13. The van der Waals surface area contributed by atoms with Crippen LogP contribution >= 0.6 is 0 Å². The van der Waals surface area contributed by atoms with Crippen molar-refractivity contribution in [3.05, 3.63) is 78.4 Å². The Bertz CT molecular complexity index is 1240. The van der Waals surface area contributed by atoms with Crippen molar-refractivity contribution in [1.82, 2.24) is 4.98 Å². The molecule has 0 bridgehead atoms. The second-order valence-electron chi connectivity index (χ2n) is 8.26. The maximum Gasteiger partial charge on any atom is 0.344 e. The van der Waals surface area contributed by atoms with Crippen molar-refractivity contribution in [1.29, 1.82) is 0 Å². The highest BCUT2D eigenvalue weighted by atomic mass is 19.0. The Morgan fingerprint density at radius 2 is 1.78 bits per heavy atom. The van der Waals surface area contributed by atoms with E-state index < -0.39 is 12.1 Å². The fraction of sp³-hybridized carbons (Fsp3) is 0.286. The third-order valence-corrected chi connectivity index (χ3v) is 5.65. The van der Waals surface area contributed by atoms with Gasteiger partial charge in [0.2, 0.25) is 0 Å². The van der Waals surface area contributed by atoms with Crippen LogP contribution in [0.4, 0.5) is 10.7 Å². The second-order valence-corrected chi connectivity index (χ2v) is 8.26. The number of carboxylic acid groups (broad SMARTS) is 1. The summed E-state index contributed by atoms with van der Waals surface area (Å²) in [5.74, 6) is 1.09. The summed E-state index contributed by atoms with van der Waals surface area (Å²) in [6, 6.07) is 23.1. The number of aromatic nitrogens is 1. The minimum atomic E-state index is -0.979. The highest BCUT2D eigenvalue weighted by Gasteiger charge is 2.18. The number of carbonyl (C=O) groups is 1. The summed E-state index contributed by atoms with van der Waals surface area (Å²) in [5.41, 5.74) is 2.46. The molecule has 1 heterocycles. The fourth-order valence-corrected chi connectivity index (χ4v) is 3.77. The van der Waals surface area contributed by atoms with Crippen molar-refractivity contribution >= 4 is 23.1 Å². The Hall–Kier alpha value is -4.27. The van der Waals surface area contributed by atoms with Gasteiger partial charge in [0.25, 0.3) is 6.01 Å². The van der Waals surface area contributed by atoms with Crippen LogP contribution in [0, 0.1) is 0 Å². The molecule has 196 valence electrons. The van der Waals surface area contributed by atoms with E-state index in [0.717, 1.165) is 34.6 Å². The molecular weight excluding hydrogens is 479 g/mol. The molecule has 1 aromatic heterocycles. The summed E-state index contributed by atoms with van der Waals surface area (Å²) in [6.07, 6.45) is 0.226. The molecule has 0 saturated carbocycles. The molecule has 0 spiro atoms. The van der Waals surface area contributed by atoms with E-state index in [0.29, 0.717) is 37.9 Å². The first-order valence-corrected chi connectivity index (χ1v) is 11.9. The van der Waals surface area contributed by atoms with Gasteiger partial charge in [-0.1, -0.05) is 31.2 Å². The van der Waals surface area contributed by atoms with Crippen LogP contribution in [-0.2, 0) is 11.3 Å². The molecule has 0 aliphatic rings. The molecule has 4 rings (SSSR count). The lowest BCUT2D eigenvalue weighted by Crippen LogP contribution is -2.27. The Morgan fingerprint density at radius 3 is 2.49 bits per heavy atom. The lowest BCUT2D eigenvalue weighted by molar-refractivity contribution is -0.145. The molecule has 0 fully saturated rings. The monoisotopic (exact) mass is 510 g/mol. The van der Waals surface area contributed by atoms with E-state index in [1.165, 1.54) is 0 Å². The summed E-state index contributed by atoms with van der Waals surface area (Å²) >= 11 is 0. The molecule has 0 radical (unpaired) electrons. The number of benzene rings is 3. The predicted molar refractivity (Wildman–Crippen MR) is 139 cm³/mol. The normalized spacial score (nSPS) is 11.4. The number of fused-ring (bicyclic) bond motifs is 1. The van der Waals surface area contributed by atoms with Gasteiger partial charge in [-0.25, -0.2) is 4.79 Å². The number of ether oxygens (including phenoxy) is 3. The van der Waals surface area contributed by atoms with Gasteiger partial charge in [0.15, 0.2) is 11.7 Å². The number of hydrogen-bond acceptors (Lipinski definition) is 7. The van der Waals surface area contributed by atoms with Crippen LogP contribution < -0.4 is 19.1 Å². The molecule has 9 heteroatoms. The maximum absolute atomic E-state index is 11.4. The molecule has 0 aliphatic heterocycles. The Morgan fingerprint density at radius 1 is 1.03 bits per heavy atom. The van der Waals surface area contributed by atoms with Gasteiger partial charge in [-0.05, 0) is 66.9 Å². The molecule has 37 heavy (non-hydrogen) atoms. The highest BCUT2D eigenvalue weighted by Crippen LogP contribution is 2.25. The molecule has 0 unspecified atom stereocenters. The first-order valence-electron chi connectivity index (χ1n) is 11.9. The van der Waals surface area contributed by atoms with Crippen LogP contribution in [0.3, 0.4) is 0 Å². The number of anilines is 1. The number of oxazole rings is 1. The smallest absolute Gasteiger partial charge is 0.344 e. The maximum atomic E-state index is 11.4. The average molecular weight is 511 g/mol. The highest BCUT2D eigenvalue weighted by molar-refractivity contribution is 5.74. The van der Waals surface area contributed by atoms with Gasteiger partial charge in [-0.2, -0.15) is 4.98 Å². The minimum Gasteiger partial charge on any atom is -0.497 e. The summed E-state index contributed by atoms with van der Waals surface area (Å²) in [4.78, 5) is 18.1. The largest absolute Gasteiger partial charge is 0.497 e. The predicted octanol–water partition coefficient (Wildman–Crippen LogP) is 5.71. The summed E-state index contributed by atoms with van der Waals surface area (Å²) in [6.45, 7) is 3.45. The van der Waals surface area contributed by atoms with Gasteiger partial charge in [0.05, 0.1) is 13.7 Å². The Kier molecular flexibility index (Phi) is 9.71. The zero-order chi connectivity index (χ0) is 25.3. The summed E-state index contributed by atoms with van der Waals surface area (Å²) < 4.78 is 22.8. The number of aliphatic carboxylic acids is 1. The fourth-order valence-electron chi connectivity index (χ4n) is 3.77. The number of nitrogens with zero attached hydrogens (tertiary/aromatic N) is 2. The van der Waals surface area contributed by atoms with Crippen LogP contribution in [0.5, 0.6) is 17.2 Å². The van der Waals surface area contributed by atoms with Crippen molar-refractivity contribution in [2.75, 3.05) is 25.2 Å². The average Bonchev–Trinajstić information content (AvgIpc) is 3.34. The molecule has 1 atom stereocenters. The number of hydrogen-bond donors (Lipinski definition) is 1. The minimum absolute atomic E-state index is 0. The van der Waals surface area contributed by atoms with Crippen LogP contribution in [0.2, 0.25) is 0 Å². The molecular formula is C28H31FN2O6. The third-order valence-electron chi connectivity index (χ3n) is 5.65. The van der Waals surface area contributed by atoms with Crippen molar-refractivity contribution < 1.29 is 33.2 Å². The SMILES string of the molecule is CC[C@@H](Oc1cccc(CN(CCCOc2ccc(OC)cc2)c2nc3ccccc3o2)c1)C(=O)O.F. The first-order chi connectivity index (χ1) is 17.6. The van der Waals surface area contributed by atoms with Crippen molar-refractivity contribution in [2.45, 2.75) is 32.4 Å². The number of carboxylic acids is 1. The van der Waals surface area contributed by atoms with Crippen LogP contribution in [0.1, 0.15) is 25.3 Å². The van der Waals surface area contributed by atoms with Gasteiger partial charge in [-0.3, -0.25) is 4.70 Å². The van der Waals surface area contributed by atoms with Gasteiger partial charge < -0.3 is 28.6 Å². The first kappa shape index (κ1) is 27.3. The summed E-state index contributed by atoms with van der Waals surface area (Å²) in [7, 11) is 1.63. The van der Waals surface area contributed by atoms with E-state index in [1.54, 1.807) is 20.1 Å². The molecule has 4 aromatic rings. The zero-order valence-electron chi connectivity index (χ0n) is 20.8. The number of methoxy groups -OCH3 is 1. The Labute approximate surface area is 214 Å². The zero-order valence-corrected chi connectivity index (χ0v) is 20.8. The molecule has 0 saturated heterocycles.